The lowest BCUT2D eigenvalue weighted by Crippen LogP contribution is -2.20. The number of carboxylic acid groups (broad SMARTS) is 1. The summed E-state index contributed by atoms with van der Waals surface area (Å²) in [6.07, 6.45) is 0.0315. The van der Waals surface area contributed by atoms with E-state index in [4.69, 9.17) is 5.11 Å². The SMILES string of the molecule is CC(CC(=O)C(c1ccccc1)c1ccccc1)C(=O)O. The monoisotopic (exact) mass is 282 g/mol. The zero-order valence-corrected chi connectivity index (χ0v) is 11.9. The Morgan fingerprint density at radius 1 is 0.905 bits per heavy atom. The summed E-state index contributed by atoms with van der Waals surface area (Å²) in [5.41, 5.74) is 1.79. The molecule has 0 fully saturated rings. The summed E-state index contributed by atoms with van der Waals surface area (Å²) in [5, 5.41) is 9.00. The number of ketones is 1. The van der Waals surface area contributed by atoms with Gasteiger partial charge >= 0.3 is 5.97 Å². The van der Waals surface area contributed by atoms with E-state index < -0.39 is 17.8 Å². The van der Waals surface area contributed by atoms with E-state index in [1.54, 1.807) is 6.92 Å². The van der Waals surface area contributed by atoms with Gasteiger partial charge in [0.25, 0.3) is 0 Å². The first-order chi connectivity index (χ1) is 10.1. The molecular weight excluding hydrogens is 264 g/mol. The number of hydrogen-bond donors (Lipinski definition) is 1. The average molecular weight is 282 g/mol. The predicted molar refractivity (Wildman–Crippen MR) is 81.2 cm³/mol. The van der Waals surface area contributed by atoms with Crippen molar-refractivity contribution < 1.29 is 14.7 Å². The van der Waals surface area contributed by atoms with E-state index in [1.165, 1.54) is 0 Å². The minimum atomic E-state index is -0.941. The number of carboxylic acids is 1. The van der Waals surface area contributed by atoms with Crippen molar-refractivity contribution in [1.82, 2.24) is 0 Å². The van der Waals surface area contributed by atoms with Crippen LogP contribution in [0, 0.1) is 5.92 Å². The molecule has 0 radical (unpaired) electrons. The fraction of sp³-hybridized carbons (Fsp3) is 0.222. The van der Waals surface area contributed by atoms with Gasteiger partial charge in [0.05, 0.1) is 11.8 Å². The minimum absolute atomic E-state index is 0.0315. The van der Waals surface area contributed by atoms with E-state index in [-0.39, 0.29) is 12.2 Å². The van der Waals surface area contributed by atoms with Gasteiger partial charge in [-0.05, 0) is 11.1 Å². The minimum Gasteiger partial charge on any atom is -0.481 e. The Kier molecular flexibility index (Phi) is 4.88. The molecule has 3 nitrogen and oxygen atoms in total. The zero-order valence-electron chi connectivity index (χ0n) is 11.9. The van der Waals surface area contributed by atoms with Crippen molar-refractivity contribution in [2.45, 2.75) is 19.3 Å². The summed E-state index contributed by atoms with van der Waals surface area (Å²) >= 11 is 0. The molecule has 21 heavy (non-hydrogen) atoms. The number of Topliss-reactive ketones (excluding diaryl/α,β-unsaturated/α-hetero) is 1. The number of aliphatic carboxylic acids is 1. The maximum absolute atomic E-state index is 12.6. The number of carbonyl (C=O) groups excluding carboxylic acids is 1. The predicted octanol–water partition coefficient (Wildman–Crippen LogP) is 3.50. The van der Waals surface area contributed by atoms with Gasteiger partial charge in [0.1, 0.15) is 5.78 Å². The second kappa shape index (κ2) is 6.84. The van der Waals surface area contributed by atoms with Crippen molar-refractivity contribution in [2.24, 2.45) is 5.92 Å². The maximum Gasteiger partial charge on any atom is 0.306 e. The molecule has 0 aromatic heterocycles. The molecule has 0 heterocycles. The van der Waals surface area contributed by atoms with Crippen LogP contribution in [0.1, 0.15) is 30.4 Å². The summed E-state index contributed by atoms with van der Waals surface area (Å²) in [4.78, 5) is 23.6. The molecule has 0 aliphatic rings. The summed E-state index contributed by atoms with van der Waals surface area (Å²) in [7, 11) is 0. The van der Waals surface area contributed by atoms with Crippen LogP contribution in [-0.2, 0) is 9.59 Å². The first-order valence-electron chi connectivity index (χ1n) is 6.95. The number of hydrogen-bond acceptors (Lipinski definition) is 2. The topological polar surface area (TPSA) is 54.4 Å². The summed E-state index contributed by atoms with van der Waals surface area (Å²) in [6.45, 7) is 1.56. The van der Waals surface area contributed by atoms with E-state index in [9.17, 15) is 9.59 Å². The molecule has 0 saturated carbocycles. The fourth-order valence-electron chi connectivity index (χ4n) is 2.36. The van der Waals surface area contributed by atoms with Crippen LogP contribution in [0.15, 0.2) is 60.7 Å². The largest absolute Gasteiger partial charge is 0.481 e. The molecule has 1 N–H and O–H groups in total. The Morgan fingerprint density at radius 3 is 1.71 bits per heavy atom. The normalized spacial score (nSPS) is 12.1. The summed E-state index contributed by atoms with van der Waals surface area (Å²) < 4.78 is 0. The van der Waals surface area contributed by atoms with E-state index in [1.807, 2.05) is 60.7 Å². The van der Waals surface area contributed by atoms with Gasteiger partial charge in [-0.2, -0.15) is 0 Å². The molecule has 1 atom stereocenters. The smallest absolute Gasteiger partial charge is 0.306 e. The van der Waals surface area contributed by atoms with Gasteiger partial charge in [-0.3, -0.25) is 9.59 Å². The van der Waals surface area contributed by atoms with E-state index in [2.05, 4.69) is 0 Å². The lowest BCUT2D eigenvalue weighted by molar-refractivity contribution is -0.143. The van der Waals surface area contributed by atoms with Gasteiger partial charge in [-0.25, -0.2) is 0 Å². The van der Waals surface area contributed by atoms with Crippen LogP contribution in [0.25, 0.3) is 0 Å². The molecule has 2 rings (SSSR count). The first-order valence-corrected chi connectivity index (χ1v) is 6.95. The highest BCUT2D eigenvalue weighted by atomic mass is 16.4. The molecule has 0 bridgehead atoms. The molecule has 0 saturated heterocycles. The Balaban J connectivity index is 2.33. The van der Waals surface area contributed by atoms with Crippen molar-refractivity contribution in [1.29, 1.82) is 0 Å². The van der Waals surface area contributed by atoms with Gasteiger partial charge in [0, 0.05) is 6.42 Å². The van der Waals surface area contributed by atoms with Crippen LogP contribution in [-0.4, -0.2) is 16.9 Å². The van der Waals surface area contributed by atoms with Gasteiger partial charge in [-0.15, -0.1) is 0 Å². The van der Waals surface area contributed by atoms with Crippen molar-refractivity contribution in [2.75, 3.05) is 0 Å². The first kappa shape index (κ1) is 15.0. The average Bonchev–Trinajstić information content (AvgIpc) is 2.49. The maximum atomic E-state index is 12.6. The molecule has 2 aromatic carbocycles. The number of rotatable bonds is 6. The van der Waals surface area contributed by atoms with Crippen LogP contribution in [0.5, 0.6) is 0 Å². The van der Waals surface area contributed by atoms with Crippen molar-refractivity contribution in [3.63, 3.8) is 0 Å². The number of benzene rings is 2. The Hall–Kier alpha value is -2.42. The van der Waals surface area contributed by atoms with Gasteiger partial charge in [0.15, 0.2) is 0 Å². The summed E-state index contributed by atoms with van der Waals surface area (Å²) in [6, 6.07) is 19.0. The van der Waals surface area contributed by atoms with Gasteiger partial charge in [-0.1, -0.05) is 67.6 Å². The second-order valence-corrected chi connectivity index (χ2v) is 5.16. The second-order valence-electron chi connectivity index (χ2n) is 5.16. The lowest BCUT2D eigenvalue weighted by Gasteiger charge is -2.18. The third kappa shape index (κ3) is 3.78. The van der Waals surface area contributed by atoms with Crippen molar-refractivity contribution >= 4 is 11.8 Å². The van der Waals surface area contributed by atoms with Crippen molar-refractivity contribution in [3.05, 3.63) is 71.8 Å². The Morgan fingerprint density at radius 2 is 1.33 bits per heavy atom. The number of carbonyl (C=O) groups is 2. The fourth-order valence-corrected chi connectivity index (χ4v) is 2.36. The summed E-state index contributed by atoms with van der Waals surface area (Å²) in [5.74, 6) is -2.09. The van der Waals surface area contributed by atoms with Crippen LogP contribution in [0.3, 0.4) is 0 Å². The molecule has 0 spiro atoms. The molecule has 2 aromatic rings. The van der Waals surface area contributed by atoms with Gasteiger partial charge in [0.2, 0.25) is 0 Å². The molecule has 3 heteroatoms. The third-order valence-electron chi connectivity index (χ3n) is 3.52. The molecular formula is C18H18O3. The zero-order chi connectivity index (χ0) is 15.2. The van der Waals surface area contributed by atoms with Crippen LogP contribution >= 0.6 is 0 Å². The highest BCUT2D eigenvalue weighted by Crippen LogP contribution is 2.27. The molecule has 0 aliphatic carbocycles. The molecule has 108 valence electrons. The quantitative estimate of drug-likeness (QED) is 0.882. The van der Waals surface area contributed by atoms with E-state index in [0.717, 1.165) is 11.1 Å². The van der Waals surface area contributed by atoms with Crippen LogP contribution < -0.4 is 0 Å². The molecule has 0 aliphatic heterocycles. The Bertz CT molecular complexity index is 565. The van der Waals surface area contributed by atoms with Crippen LogP contribution in [0.2, 0.25) is 0 Å². The highest BCUT2D eigenvalue weighted by molar-refractivity contribution is 5.91. The van der Waals surface area contributed by atoms with E-state index in [0.29, 0.717) is 0 Å². The standard InChI is InChI=1S/C18H18O3/c1-13(18(20)21)12-16(19)17(14-8-4-2-5-9-14)15-10-6-3-7-11-15/h2-11,13,17H,12H2,1H3,(H,20,21). The van der Waals surface area contributed by atoms with Crippen molar-refractivity contribution in [3.8, 4) is 0 Å². The molecule has 1 unspecified atom stereocenters. The van der Waals surface area contributed by atoms with Crippen LogP contribution in [0.4, 0.5) is 0 Å². The Labute approximate surface area is 124 Å². The van der Waals surface area contributed by atoms with Gasteiger partial charge < -0.3 is 5.11 Å². The van der Waals surface area contributed by atoms with E-state index >= 15 is 0 Å². The highest BCUT2D eigenvalue weighted by Gasteiger charge is 2.25. The molecule has 0 amide bonds. The lowest BCUT2D eigenvalue weighted by atomic mass is 9.84. The third-order valence-corrected chi connectivity index (χ3v) is 3.52.